The van der Waals surface area contributed by atoms with Crippen molar-refractivity contribution in [1.82, 2.24) is 4.98 Å². The van der Waals surface area contributed by atoms with Crippen LogP contribution in [0.5, 0.6) is 0 Å². The van der Waals surface area contributed by atoms with Crippen LogP contribution in [-0.4, -0.2) is 19.7 Å². The van der Waals surface area contributed by atoms with Crippen molar-refractivity contribution in [2.24, 2.45) is 0 Å². The van der Waals surface area contributed by atoms with Crippen molar-refractivity contribution in [1.29, 1.82) is 0 Å². The van der Waals surface area contributed by atoms with Gasteiger partial charge in [0.05, 0.1) is 6.04 Å². The lowest BCUT2D eigenvalue weighted by Gasteiger charge is -2.19. The van der Waals surface area contributed by atoms with Gasteiger partial charge in [-0.15, -0.1) is 11.3 Å². The minimum atomic E-state index is -3.28. The summed E-state index contributed by atoms with van der Waals surface area (Å²) in [6.07, 6.45) is 4.75. The largest absolute Gasteiger partial charge is 0.361 e. The van der Waals surface area contributed by atoms with Crippen LogP contribution in [0.3, 0.4) is 0 Å². The standard InChI is InChI=1S/C14H18N2O2S2/c1-3-6-11(12-7-5-10-19-12)16-14-13(20(2,17)18)8-4-9-15-14/h4-5,7-11H,3,6H2,1-2H3,(H,15,16). The molecular formula is C14H18N2O2S2. The molecule has 2 heterocycles. The number of hydrogen-bond donors (Lipinski definition) is 1. The summed E-state index contributed by atoms with van der Waals surface area (Å²) in [5, 5.41) is 5.30. The van der Waals surface area contributed by atoms with E-state index in [0.29, 0.717) is 5.82 Å². The van der Waals surface area contributed by atoms with E-state index < -0.39 is 9.84 Å². The second kappa shape index (κ2) is 6.37. The Morgan fingerprint density at radius 1 is 1.35 bits per heavy atom. The quantitative estimate of drug-likeness (QED) is 0.887. The molecular weight excluding hydrogens is 292 g/mol. The third-order valence-corrected chi connectivity index (χ3v) is 5.06. The third kappa shape index (κ3) is 3.58. The van der Waals surface area contributed by atoms with Crippen molar-refractivity contribution in [2.75, 3.05) is 11.6 Å². The number of nitrogens with zero attached hydrogens (tertiary/aromatic N) is 1. The number of pyridine rings is 1. The molecule has 1 N–H and O–H groups in total. The van der Waals surface area contributed by atoms with Crippen LogP contribution in [0.2, 0.25) is 0 Å². The first kappa shape index (κ1) is 15.0. The molecule has 2 rings (SSSR count). The van der Waals surface area contributed by atoms with Crippen molar-refractivity contribution in [3.63, 3.8) is 0 Å². The fourth-order valence-corrected chi connectivity index (χ4v) is 3.63. The monoisotopic (exact) mass is 310 g/mol. The zero-order valence-corrected chi connectivity index (χ0v) is 13.2. The van der Waals surface area contributed by atoms with E-state index in [1.807, 2.05) is 11.4 Å². The molecule has 20 heavy (non-hydrogen) atoms. The first-order valence-corrected chi connectivity index (χ1v) is 9.24. The molecule has 1 atom stereocenters. The predicted molar refractivity (Wildman–Crippen MR) is 82.9 cm³/mol. The smallest absolute Gasteiger partial charge is 0.179 e. The van der Waals surface area contributed by atoms with E-state index in [2.05, 4.69) is 23.3 Å². The predicted octanol–water partition coefficient (Wildman–Crippen LogP) is 3.50. The van der Waals surface area contributed by atoms with Crippen LogP contribution in [0.1, 0.15) is 30.7 Å². The maximum Gasteiger partial charge on any atom is 0.179 e. The molecule has 0 aliphatic heterocycles. The van der Waals surface area contributed by atoms with Gasteiger partial charge in [-0.1, -0.05) is 19.4 Å². The van der Waals surface area contributed by atoms with Crippen molar-refractivity contribution >= 4 is 27.0 Å². The topological polar surface area (TPSA) is 59.1 Å². The van der Waals surface area contributed by atoms with Crippen molar-refractivity contribution < 1.29 is 8.42 Å². The molecule has 0 aliphatic rings. The van der Waals surface area contributed by atoms with Gasteiger partial charge in [-0.25, -0.2) is 13.4 Å². The maximum absolute atomic E-state index is 11.8. The molecule has 0 saturated carbocycles. The molecule has 0 fully saturated rings. The number of nitrogens with one attached hydrogen (secondary N) is 1. The maximum atomic E-state index is 11.8. The highest BCUT2D eigenvalue weighted by atomic mass is 32.2. The molecule has 1 unspecified atom stereocenters. The Kier molecular flexibility index (Phi) is 4.77. The van der Waals surface area contributed by atoms with Gasteiger partial charge < -0.3 is 5.32 Å². The minimum Gasteiger partial charge on any atom is -0.361 e. The summed E-state index contributed by atoms with van der Waals surface area (Å²) in [7, 11) is -3.28. The molecule has 2 aromatic rings. The van der Waals surface area contributed by atoms with Crippen LogP contribution in [0.4, 0.5) is 5.82 Å². The number of sulfone groups is 1. The second-order valence-electron chi connectivity index (χ2n) is 4.62. The van der Waals surface area contributed by atoms with Crippen LogP contribution in [0, 0.1) is 0 Å². The zero-order chi connectivity index (χ0) is 14.6. The lowest BCUT2D eigenvalue weighted by atomic mass is 10.1. The van der Waals surface area contributed by atoms with Gasteiger partial charge in [-0.2, -0.15) is 0 Å². The first-order valence-electron chi connectivity index (χ1n) is 6.47. The van der Waals surface area contributed by atoms with Gasteiger partial charge in [0.25, 0.3) is 0 Å². The summed E-state index contributed by atoms with van der Waals surface area (Å²) in [4.78, 5) is 5.63. The second-order valence-corrected chi connectivity index (χ2v) is 7.59. The molecule has 2 aromatic heterocycles. The summed E-state index contributed by atoms with van der Waals surface area (Å²) in [6.45, 7) is 2.11. The van der Waals surface area contributed by atoms with Crippen LogP contribution in [-0.2, 0) is 9.84 Å². The molecule has 6 heteroatoms. The molecule has 0 radical (unpaired) electrons. The third-order valence-electron chi connectivity index (χ3n) is 2.95. The van der Waals surface area contributed by atoms with Gasteiger partial charge in [-0.3, -0.25) is 0 Å². The van der Waals surface area contributed by atoms with Crippen molar-refractivity contribution in [3.8, 4) is 0 Å². The number of hydrogen-bond acceptors (Lipinski definition) is 5. The molecule has 0 bridgehead atoms. The number of aromatic nitrogens is 1. The average molecular weight is 310 g/mol. The van der Waals surface area contributed by atoms with Crippen LogP contribution in [0.25, 0.3) is 0 Å². The fourth-order valence-electron chi connectivity index (χ4n) is 2.03. The van der Waals surface area contributed by atoms with E-state index in [1.54, 1.807) is 29.7 Å². The Labute approximate surface area is 123 Å². The van der Waals surface area contributed by atoms with E-state index in [1.165, 1.54) is 11.1 Å². The first-order chi connectivity index (χ1) is 9.52. The molecule has 0 amide bonds. The van der Waals surface area contributed by atoms with Gasteiger partial charge in [0.15, 0.2) is 9.84 Å². The summed E-state index contributed by atoms with van der Waals surface area (Å²) in [5.41, 5.74) is 0. The van der Waals surface area contributed by atoms with E-state index in [-0.39, 0.29) is 10.9 Å². The Bertz CT molecular complexity index is 652. The summed E-state index contributed by atoms with van der Waals surface area (Å²) in [5.74, 6) is 0.432. The summed E-state index contributed by atoms with van der Waals surface area (Å²) in [6, 6.07) is 7.38. The normalized spacial score (nSPS) is 13.1. The highest BCUT2D eigenvalue weighted by Crippen LogP contribution is 2.29. The van der Waals surface area contributed by atoms with Crippen molar-refractivity contribution in [2.45, 2.75) is 30.7 Å². The van der Waals surface area contributed by atoms with Crippen LogP contribution < -0.4 is 5.32 Å². The Morgan fingerprint density at radius 3 is 2.75 bits per heavy atom. The Morgan fingerprint density at radius 2 is 2.15 bits per heavy atom. The van der Waals surface area contributed by atoms with E-state index in [9.17, 15) is 8.42 Å². The molecule has 0 aliphatic carbocycles. The lowest BCUT2D eigenvalue weighted by Crippen LogP contribution is -2.13. The molecule has 0 spiro atoms. The van der Waals surface area contributed by atoms with Gasteiger partial charge in [0.1, 0.15) is 10.7 Å². The zero-order valence-electron chi connectivity index (χ0n) is 11.5. The van der Waals surface area contributed by atoms with Crippen LogP contribution >= 0.6 is 11.3 Å². The Balaban J connectivity index is 2.32. The highest BCUT2D eigenvalue weighted by Gasteiger charge is 2.18. The molecule has 0 saturated heterocycles. The van der Waals surface area contributed by atoms with Gasteiger partial charge >= 0.3 is 0 Å². The molecule has 108 valence electrons. The molecule has 4 nitrogen and oxygen atoms in total. The van der Waals surface area contributed by atoms with Gasteiger partial charge in [0.2, 0.25) is 0 Å². The van der Waals surface area contributed by atoms with E-state index >= 15 is 0 Å². The SMILES string of the molecule is CCCC(Nc1ncccc1S(C)(=O)=O)c1cccs1. The fraction of sp³-hybridized carbons (Fsp3) is 0.357. The molecule has 0 aromatic carbocycles. The highest BCUT2D eigenvalue weighted by molar-refractivity contribution is 7.90. The summed E-state index contributed by atoms with van der Waals surface area (Å²) >= 11 is 1.66. The van der Waals surface area contributed by atoms with E-state index in [0.717, 1.165) is 12.8 Å². The summed E-state index contributed by atoms with van der Waals surface area (Å²) < 4.78 is 23.6. The number of rotatable bonds is 6. The number of thiophene rings is 1. The number of anilines is 1. The minimum absolute atomic E-state index is 0.0930. The van der Waals surface area contributed by atoms with Gasteiger partial charge in [0, 0.05) is 17.3 Å². The van der Waals surface area contributed by atoms with Crippen LogP contribution in [0.15, 0.2) is 40.7 Å². The van der Waals surface area contributed by atoms with Crippen molar-refractivity contribution in [3.05, 3.63) is 40.7 Å². The lowest BCUT2D eigenvalue weighted by molar-refractivity contribution is 0.601. The van der Waals surface area contributed by atoms with E-state index in [4.69, 9.17) is 0 Å². The Hall–Kier alpha value is -1.40. The van der Waals surface area contributed by atoms with Gasteiger partial charge in [-0.05, 0) is 30.0 Å². The average Bonchev–Trinajstić information content (AvgIpc) is 2.91.